The van der Waals surface area contributed by atoms with Gasteiger partial charge in [0.2, 0.25) is 4.90 Å². The minimum Gasteiger partial charge on any atom is -0.493 e. The quantitative estimate of drug-likeness (QED) is 0.0441. The van der Waals surface area contributed by atoms with Crippen molar-refractivity contribution in [2.24, 2.45) is 58.2 Å². The maximum atomic E-state index is 12.4. The number of ketones is 1. The molecule has 8 aliphatic carbocycles. The lowest BCUT2D eigenvalue weighted by Crippen LogP contribution is -2.31. The molecule has 0 radical (unpaired) electrons. The van der Waals surface area contributed by atoms with Gasteiger partial charge in [0.15, 0.2) is 31.1 Å². The summed E-state index contributed by atoms with van der Waals surface area (Å²) < 4.78 is 39.9. The number of hydrogen-bond donors (Lipinski definition) is 0. The molecule has 0 aromatic heterocycles. The van der Waals surface area contributed by atoms with Gasteiger partial charge in [0.25, 0.3) is 0 Å². The molecule has 10 aromatic rings. The number of fused-ring (bicyclic) bond motifs is 6. The van der Waals surface area contributed by atoms with Crippen LogP contribution in [0.1, 0.15) is 322 Å². The molecule has 3 heterocycles. The summed E-state index contributed by atoms with van der Waals surface area (Å²) in [7, 11) is 0.957. The van der Waals surface area contributed by atoms with E-state index in [-0.39, 0.29) is 38.5 Å². The van der Waals surface area contributed by atoms with Crippen molar-refractivity contribution in [1.82, 2.24) is 0 Å². The Balaban J connectivity index is 0.000000120. The highest BCUT2D eigenvalue weighted by Gasteiger charge is 2.46. The Bertz CT molecular complexity index is 5390. The van der Waals surface area contributed by atoms with Crippen LogP contribution in [0, 0.1) is 58.2 Å². The van der Waals surface area contributed by atoms with Crippen LogP contribution in [0.15, 0.2) is 194 Å². The average molecular weight is 1870 g/mol. The third-order valence-electron chi connectivity index (χ3n) is 33.2. The van der Waals surface area contributed by atoms with Crippen LogP contribution >= 0.6 is 0 Å². The Morgan fingerprint density at radius 1 is 0.338 bits per heavy atom. The van der Waals surface area contributed by atoms with Crippen molar-refractivity contribution in [3.8, 4) is 34.5 Å². The summed E-state index contributed by atoms with van der Waals surface area (Å²) in [4.78, 5) is 19.9. The number of ether oxygens (including phenoxy) is 6. The molecule has 3 atom stereocenters. The van der Waals surface area contributed by atoms with Crippen molar-refractivity contribution < 1.29 is 33.2 Å². The average Bonchev–Trinajstić information content (AvgIpc) is 1.08. The monoisotopic (exact) mass is 1870 g/mol. The first kappa shape index (κ1) is 96.6. The number of carbonyl (C=O) groups excluding carboxylic acids is 1. The van der Waals surface area contributed by atoms with E-state index in [1.54, 1.807) is 11.8 Å². The van der Waals surface area contributed by atoms with Crippen LogP contribution in [-0.2, 0) is 43.6 Å². The first-order valence-electron chi connectivity index (χ1n) is 53.8. The summed E-state index contributed by atoms with van der Waals surface area (Å²) in [6, 6.07) is 63.1. The Labute approximate surface area is 813 Å². The minimum atomic E-state index is 0.0411. The second kappa shape index (κ2) is 46.4. The zero-order valence-electron chi connectivity index (χ0n) is 82.6. The van der Waals surface area contributed by atoms with Gasteiger partial charge in [0.05, 0.1) is 60.5 Å². The molecule has 0 amide bonds. The molecule has 3 aliphatic heterocycles. The molecule has 3 saturated heterocycles. The van der Waals surface area contributed by atoms with Crippen molar-refractivity contribution in [2.45, 2.75) is 354 Å². The molecule has 11 aliphatic rings. The summed E-state index contributed by atoms with van der Waals surface area (Å²) in [5, 5.41) is 13.9. The highest BCUT2D eigenvalue weighted by Crippen LogP contribution is 2.52. The van der Waals surface area contributed by atoms with E-state index in [1.165, 1.54) is 347 Å². The van der Waals surface area contributed by atoms with Crippen molar-refractivity contribution in [1.29, 1.82) is 0 Å². The summed E-state index contributed by atoms with van der Waals surface area (Å²) >= 11 is 0. The molecule has 11 heteroatoms. The third-order valence-corrected chi connectivity index (χ3v) is 43.7. The first-order valence-corrected chi connectivity index (χ1v) is 59.8. The van der Waals surface area contributed by atoms with Crippen molar-refractivity contribution in [3.63, 3.8) is 0 Å². The fraction of sp³-hybridized carbons (Fsp3) is 0.582. The van der Waals surface area contributed by atoms with E-state index in [4.69, 9.17) is 28.4 Å². The predicted molar refractivity (Wildman–Crippen MR) is 570 cm³/mol. The molecule has 3 unspecified atom stereocenters. The van der Waals surface area contributed by atoms with Crippen LogP contribution in [0.3, 0.4) is 0 Å². The van der Waals surface area contributed by atoms with E-state index in [2.05, 4.69) is 211 Å². The van der Waals surface area contributed by atoms with Crippen molar-refractivity contribution >= 4 is 103 Å². The summed E-state index contributed by atoms with van der Waals surface area (Å²) in [6.07, 6.45) is 55.3. The van der Waals surface area contributed by atoms with E-state index < -0.39 is 0 Å². The third kappa shape index (κ3) is 24.3. The van der Waals surface area contributed by atoms with Crippen LogP contribution in [0.2, 0.25) is 0 Å². The lowest BCUT2D eigenvalue weighted by atomic mass is 9.72. The number of rotatable bonds is 24. The zero-order valence-corrected chi connectivity index (χ0v) is 85.8. The molecule has 21 rings (SSSR count). The molecule has 133 heavy (non-hydrogen) atoms. The number of hydrogen-bond acceptors (Lipinski definition) is 7. The molecule has 0 N–H and O–H groups in total. The SMILES string of the molecule is CC(=O)c1cc([S+]2CCCC2)c2ccccc2c1OCCC1CCCC1.CC(C)(C)C1CCC(Oc2cc(OC3CCC(C(C)(C)C)CC3)c3ccccc3c2[S+]2CCCC2)CC1.c1cc(OCC2CCCCC2)c2c([S+]3CC4CCCCC4C3)ccc(OCC3CCCCC3)c2c1.c1ccc2c([S+](c3ccc(OCC4CCCCC4)c4ccccc34)C3CCCCC3)cccc2c1. The highest BCUT2D eigenvalue weighted by molar-refractivity contribution is 7.98. The molecule has 0 bridgehead atoms. The minimum absolute atomic E-state index is 0.0411. The van der Waals surface area contributed by atoms with Gasteiger partial charge in [-0.2, -0.15) is 0 Å². The predicted octanol–water partition coefficient (Wildman–Crippen LogP) is 33.2. The van der Waals surface area contributed by atoms with Crippen LogP contribution in [-0.4, -0.2) is 84.2 Å². The highest BCUT2D eigenvalue weighted by atomic mass is 32.2. The standard InChI is InChI=1S/C34H51O2S.C33H37OS.C32H45O2S.C23H29O2S/c1-33(2,3)24-13-17-26(18-14-24)35-30-23-31(36-27-19-15-25(16-20-27)34(4,5)6)32(37-21-9-10-22-37)29-12-8-7-11-28(29)30;1-3-12-25(13-4-1)24-34-31-22-23-33(30-20-10-9-19-29(30)31)35(27-16-5-2-6-17-27)32-21-11-15-26-14-7-8-18-28(26)32;1-3-10-24(11-4-1)20-33-29-18-19-31(35-22-26-14-7-8-15-27(26)23-35)32-28(29)16-9-17-30(32)34-21-25-12-5-2-6-13-25;1-17(24)21-16-22(26-14-6-7-15-26)19-10-4-5-11-20(19)23(21)25-13-12-18-8-2-3-9-18/h7-8,11-12,23-27H,9-10,13-22H2,1-6H3;7-11,14-15,18-23,25,27H,1-6,12-13,16-17,24H2;9,16-19,24-27H,1-8,10-15,20-23H2;4-5,10-11,16,18H,2-3,6-9,12-15H2,1H3/q4*+1. The van der Waals surface area contributed by atoms with Gasteiger partial charge in [-0.05, 0) is 280 Å². The van der Waals surface area contributed by atoms with Gasteiger partial charge in [0.1, 0.15) is 68.5 Å². The zero-order chi connectivity index (χ0) is 91.0. The fourth-order valence-corrected chi connectivity index (χ4v) is 36.6. The molecule has 0 spiro atoms. The molecular weight excluding hydrogens is 1710 g/mol. The maximum absolute atomic E-state index is 12.4. The summed E-state index contributed by atoms with van der Waals surface area (Å²) in [5.41, 5.74) is 1.58. The van der Waals surface area contributed by atoms with E-state index in [9.17, 15) is 4.79 Å². The van der Waals surface area contributed by atoms with Gasteiger partial charge >= 0.3 is 0 Å². The van der Waals surface area contributed by atoms with E-state index in [0.29, 0.717) is 39.2 Å². The van der Waals surface area contributed by atoms with Crippen LogP contribution in [0.4, 0.5) is 0 Å². The first-order chi connectivity index (χ1) is 65.1. The Hall–Kier alpha value is -6.63. The second-order valence-electron chi connectivity index (χ2n) is 44.5. The van der Waals surface area contributed by atoms with Crippen LogP contribution in [0.5, 0.6) is 34.5 Å². The van der Waals surface area contributed by atoms with E-state index in [0.717, 1.165) is 138 Å². The van der Waals surface area contributed by atoms with E-state index >= 15 is 0 Å². The maximum Gasteiger partial charge on any atom is 0.204 e. The molecule has 11 fully saturated rings. The van der Waals surface area contributed by atoms with Gasteiger partial charge in [-0.3, -0.25) is 4.79 Å². The van der Waals surface area contributed by atoms with Gasteiger partial charge in [0, 0.05) is 99.7 Å². The lowest BCUT2D eigenvalue weighted by Gasteiger charge is -2.37. The Morgan fingerprint density at radius 2 is 0.774 bits per heavy atom. The summed E-state index contributed by atoms with van der Waals surface area (Å²) in [6.45, 7) is 19.4. The van der Waals surface area contributed by atoms with Crippen molar-refractivity contribution in [2.75, 3.05) is 60.9 Å². The Kier molecular flexibility index (Phi) is 33.7. The molecule has 8 saturated carbocycles. The van der Waals surface area contributed by atoms with Gasteiger partial charge in [-0.1, -0.05) is 241 Å². The molecular formula is C122H162O7S4+4. The van der Waals surface area contributed by atoms with E-state index in [1.807, 2.05) is 0 Å². The topological polar surface area (TPSA) is 72.5 Å². The summed E-state index contributed by atoms with van der Waals surface area (Å²) in [5.74, 6) is 20.9. The Morgan fingerprint density at radius 3 is 1.35 bits per heavy atom. The smallest absolute Gasteiger partial charge is 0.204 e. The molecule has 712 valence electrons. The van der Waals surface area contributed by atoms with Gasteiger partial charge < -0.3 is 28.4 Å². The van der Waals surface area contributed by atoms with Gasteiger partial charge in [-0.25, -0.2) is 0 Å². The molecule has 10 aromatic carbocycles. The second-order valence-corrected chi connectivity index (χ2v) is 53.3. The van der Waals surface area contributed by atoms with Gasteiger partial charge in [-0.15, -0.1) is 0 Å². The number of carbonyl (C=O) groups is 1. The molecule has 7 nitrogen and oxygen atoms in total. The normalized spacial score (nSPS) is 23.7. The number of Topliss-reactive ketones (excluding diaryl/α,β-unsaturated/α-hetero) is 1. The fourth-order valence-electron chi connectivity index (χ4n) is 25.3. The lowest BCUT2D eigenvalue weighted by molar-refractivity contribution is 0.0830. The van der Waals surface area contributed by atoms with Crippen molar-refractivity contribution in [3.05, 3.63) is 175 Å². The number of benzene rings is 10. The van der Waals surface area contributed by atoms with Crippen LogP contribution < -0.4 is 28.4 Å². The van der Waals surface area contributed by atoms with Crippen LogP contribution in [0.25, 0.3) is 53.9 Å². The largest absolute Gasteiger partial charge is 0.493 e.